The van der Waals surface area contributed by atoms with Crippen LogP contribution in [0.2, 0.25) is 0 Å². The summed E-state index contributed by atoms with van der Waals surface area (Å²) in [7, 11) is 0. The molecule has 0 radical (unpaired) electrons. The predicted molar refractivity (Wildman–Crippen MR) is 52.2 cm³/mol. The molecule has 0 aromatic carbocycles. The number of carbonyl (C=O) groups excluding carboxylic acids is 1. The molecule has 1 fully saturated rings. The highest BCUT2D eigenvalue weighted by Gasteiger charge is 2.25. The maximum atomic E-state index is 10.8. The van der Waals surface area contributed by atoms with E-state index >= 15 is 0 Å². The number of hydrogen-bond donors (Lipinski definition) is 1. The molecule has 1 heterocycles. The third-order valence-electron chi connectivity index (χ3n) is 2.18. The van der Waals surface area contributed by atoms with E-state index in [0.29, 0.717) is 19.6 Å². The summed E-state index contributed by atoms with van der Waals surface area (Å²) in [4.78, 5) is 10.8. The van der Waals surface area contributed by atoms with Crippen molar-refractivity contribution in [2.45, 2.75) is 45.2 Å². The molecule has 1 saturated heterocycles. The van der Waals surface area contributed by atoms with Crippen LogP contribution >= 0.6 is 0 Å². The van der Waals surface area contributed by atoms with Gasteiger partial charge in [0.1, 0.15) is 6.10 Å². The number of rotatable bonds is 4. The highest BCUT2D eigenvalue weighted by Crippen LogP contribution is 2.17. The second kappa shape index (κ2) is 6.05. The average molecular weight is 218 g/mol. The molecule has 1 aliphatic heterocycles. The van der Waals surface area contributed by atoms with Crippen LogP contribution in [0.1, 0.15) is 26.7 Å². The Kier molecular flexibility index (Phi) is 5.01. The molecular weight excluding hydrogens is 200 g/mol. The van der Waals surface area contributed by atoms with Crippen molar-refractivity contribution in [1.29, 1.82) is 0 Å². The Bertz CT molecular complexity index is 204. The third-order valence-corrected chi connectivity index (χ3v) is 2.18. The van der Waals surface area contributed by atoms with Crippen LogP contribution in [-0.2, 0) is 19.0 Å². The molecule has 0 aliphatic carbocycles. The van der Waals surface area contributed by atoms with Gasteiger partial charge in [-0.2, -0.15) is 0 Å². The minimum atomic E-state index is -0.789. The Hall–Kier alpha value is -0.650. The molecule has 1 N–H and O–H groups in total. The fourth-order valence-electron chi connectivity index (χ4n) is 1.55. The van der Waals surface area contributed by atoms with Gasteiger partial charge in [-0.25, -0.2) is 0 Å². The monoisotopic (exact) mass is 218 g/mol. The molecule has 5 heteroatoms. The smallest absolute Gasteiger partial charge is 0.302 e. The summed E-state index contributed by atoms with van der Waals surface area (Å²) in [5.41, 5.74) is 0. The molecule has 3 atom stereocenters. The maximum Gasteiger partial charge on any atom is 0.302 e. The fraction of sp³-hybridized carbons (Fsp3) is 0.900. The third kappa shape index (κ3) is 5.11. The summed E-state index contributed by atoms with van der Waals surface area (Å²) in [5.74, 6) is -0.267. The van der Waals surface area contributed by atoms with Crippen molar-refractivity contribution in [1.82, 2.24) is 0 Å². The second-order valence-corrected chi connectivity index (χ2v) is 3.68. The average Bonchev–Trinajstić information content (AvgIpc) is 2.14. The van der Waals surface area contributed by atoms with Crippen molar-refractivity contribution in [3.63, 3.8) is 0 Å². The van der Waals surface area contributed by atoms with Gasteiger partial charge in [0.15, 0.2) is 6.29 Å². The van der Waals surface area contributed by atoms with E-state index in [0.717, 1.165) is 6.42 Å². The molecule has 15 heavy (non-hydrogen) atoms. The van der Waals surface area contributed by atoms with Crippen molar-refractivity contribution in [3.8, 4) is 0 Å². The first-order valence-corrected chi connectivity index (χ1v) is 5.16. The van der Waals surface area contributed by atoms with Gasteiger partial charge in [-0.3, -0.25) is 4.79 Å². The molecule has 1 aliphatic rings. The Balaban J connectivity index is 2.25. The lowest BCUT2D eigenvalue weighted by atomic mass is 10.1. The van der Waals surface area contributed by atoms with Crippen LogP contribution in [0, 0.1) is 0 Å². The van der Waals surface area contributed by atoms with Crippen LogP contribution in [0.5, 0.6) is 0 Å². The zero-order valence-electron chi connectivity index (χ0n) is 9.14. The van der Waals surface area contributed by atoms with E-state index in [4.69, 9.17) is 19.3 Å². The van der Waals surface area contributed by atoms with E-state index in [2.05, 4.69) is 0 Å². The van der Waals surface area contributed by atoms with Crippen LogP contribution < -0.4 is 0 Å². The molecule has 88 valence electrons. The van der Waals surface area contributed by atoms with E-state index in [1.165, 1.54) is 6.92 Å². The minimum absolute atomic E-state index is 0.0844. The molecular formula is C10H18O5. The van der Waals surface area contributed by atoms with Crippen LogP contribution in [0.25, 0.3) is 0 Å². The van der Waals surface area contributed by atoms with Crippen molar-refractivity contribution in [2.24, 2.45) is 0 Å². The molecule has 0 amide bonds. The quantitative estimate of drug-likeness (QED) is 0.548. The lowest BCUT2D eigenvalue weighted by Crippen LogP contribution is -2.35. The summed E-state index contributed by atoms with van der Waals surface area (Å²) < 4.78 is 15.5. The van der Waals surface area contributed by atoms with E-state index < -0.39 is 6.29 Å². The molecule has 1 rings (SSSR count). The lowest BCUT2D eigenvalue weighted by Gasteiger charge is -2.29. The molecule has 3 unspecified atom stereocenters. The fourth-order valence-corrected chi connectivity index (χ4v) is 1.55. The first-order chi connectivity index (χ1) is 7.08. The number of aliphatic hydroxyl groups excluding tert-OH is 1. The van der Waals surface area contributed by atoms with E-state index in [1.54, 1.807) is 6.92 Å². The van der Waals surface area contributed by atoms with Gasteiger partial charge < -0.3 is 19.3 Å². The van der Waals surface area contributed by atoms with Gasteiger partial charge in [0, 0.05) is 19.8 Å². The first-order valence-electron chi connectivity index (χ1n) is 5.16. The number of ether oxygens (including phenoxy) is 3. The summed E-state index contributed by atoms with van der Waals surface area (Å²) in [6.07, 6.45) is 0.385. The number of esters is 1. The highest BCUT2D eigenvalue weighted by molar-refractivity contribution is 5.66. The van der Waals surface area contributed by atoms with Crippen LogP contribution in [0.4, 0.5) is 0 Å². The zero-order valence-corrected chi connectivity index (χ0v) is 9.14. The minimum Gasteiger partial charge on any atom is -0.462 e. The molecule has 0 aromatic rings. The lowest BCUT2D eigenvalue weighted by molar-refractivity contribution is -0.163. The Morgan fingerprint density at radius 1 is 1.67 bits per heavy atom. The summed E-state index contributed by atoms with van der Waals surface area (Å²) in [5, 5.41) is 8.93. The number of aliphatic hydroxyl groups is 1. The van der Waals surface area contributed by atoms with Crippen molar-refractivity contribution in [3.05, 3.63) is 0 Å². The normalized spacial score (nSPS) is 28.5. The van der Waals surface area contributed by atoms with Gasteiger partial charge >= 0.3 is 5.97 Å². The van der Waals surface area contributed by atoms with Gasteiger partial charge in [0.25, 0.3) is 0 Å². The molecule has 0 saturated carbocycles. The Morgan fingerprint density at radius 2 is 2.40 bits per heavy atom. The maximum absolute atomic E-state index is 10.8. The van der Waals surface area contributed by atoms with E-state index in [9.17, 15) is 4.79 Å². The van der Waals surface area contributed by atoms with Crippen molar-refractivity contribution >= 4 is 5.97 Å². The summed E-state index contributed by atoms with van der Waals surface area (Å²) in [6.45, 7) is 3.84. The van der Waals surface area contributed by atoms with Gasteiger partial charge in [0.2, 0.25) is 0 Å². The van der Waals surface area contributed by atoms with E-state index in [1.807, 2.05) is 0 Å². The molecule has 0 bridgehead atoms. The predicted octanol–water partition coefficient (Wildman–Crippen LogP) is 0.452. The highest BCUT2D eigenvalue weighted by atomic mass is 16.6. The van der Waals surface area contributed by atoms with E-state index in [-0.39, 0.29) is 18.2 Å². The SMILES string of the molecule is CC(=O)OC1CCOC(COC(C)O)C1. The summed E-state index contributed by atoms with van der Waals surface area (Å²) >= 11 is 0. The second-order valence-electron chi connectivity index (χ2n) is 3.68. The molecule has 5 nitrogen and oxygen atoms in total. The van der Waals surface area contributed by atoms with Crippen LogP contribution in [-0.4, -0.2) is 42.8 Å². The summed E-state index contributed by atoms with van der Waals surface area (Å²) in [6, 6.07) is 0. The van der Waals surface area contributed by atoms with Gasteiger partial charge in [0.05, 0.1) is 19.3 Å². The first kappa shape index (κ1) is 12.4. The Labute approximate surface area is 89.3 Å². The van der Waals surface area contributed by atoms with Gasteiger partial charge in [-0.15, -0.1) is 0 Å². The standard InChI is InChI=1S/C10H18O5/c1-7(11)14-6-10-5-9(3-4-13-10)15-8(2)12/h7,9-11H,3-6H2,1-2H3. The van der Waals surface area contributed by atoms with Crippen molar-refractivity contribution in [2.75, 3.05) is 13.2 Å². The molecule has 0 aromatic heterocycles. The zero-order chi connectivity index (χ0) is 11.3. The topological polar surface area (TPSA) is 65.0 Å². The van der Waals surface area contributed by atoms with Gasteiger partial charge in [-0.1, -0.05) is 0 Å². The van der Waals surface area contributed by atoms with Crippen molar-refractivity contribution < 1.29 is 24.1 Å². The Morgan fingerprint density at radius 3 is 3.00 bits per heavy atom. The number of carbonyl (C=O) groups is 1. The van der Waals surface area contributed by atoms with Crippen LogP contribution in [0.15, 0.2) is 0 Å². The van der Waals surface area contributed by atoms with Gasteiger partial charge in [-0.05, 0) is 6.92 Å². The molecule has 0 spiro atoms. The van der Waals surface area contributed by atoms with Crippen LogP contribution in [0.3, 0.4) is 0 Å². The largest absolute Gasteiger partial charge is 0.462 e. The number of hydrogen-bond acceptors (Lipinski definition) is 5.